The van der Waals surface area contributed by atoms with Crippen LogP contribution in [0.25, 0.3) is 0 Å². The fourth-order valence-electron chi connectivity index (χ4n) is 12.8. The summed E-state index contributed by atoms with van der Waals surface area (Å²) in [6.45, 7) is 12.5. The summed E-state index contributed by atoms with van der Waals surface area (Å²) in [5.74, 6) is -3.98. The number of unbranched alkanes of at least 4 members (excludes halogenated alkanes) is 16. The van der Waals surface area contributed by atoms with E-state index in [-0.39, 0.29) is 62.8 Å². The van der Waals surface area contributed by atoms with E-state index in [0.717, 1.165) is 89.9 Å². The Bertz CT molecular complexity index is 2090. The first-order valence-electron chi connectivity index (χ1n) is 30.5. The molecule has 11 nitrogen and oxygen atoms in total. The molecule has 3 saturated carbocycles. The van der Waals surface area contributed by atoms with E-state index in [0.29, 0.717) is 37.7 Å². The Morgan fingerprint density at radius 3 is 1.78 bits per heavy atom. The van der Waals surface area contributed by atoms with Crippen LogP contribution >= 0.6 is 0 Å². The number of allylic oxidation sites excluding steroid dienone is 13. The second-order valence-electron chi connectivity index (χ2n) is 23.4. The van der Waals surface area contributed by atoms with Gasteiger partial charge in [-0.3, -0.25) is 24.0 Å². The third kappa shape index (κ3) is 19.4. The lowest BCUT2D eigenvalue weighted by Gasteiger charge is -2.62. The monoisotopic (exact) mass is 1090 g/mol. The quantitative estimate of drug-likeness (QED) is 0.0197. The Morgan fingerprint density at radius 1 is 0.692 bits per heavy atom. The number of aliphatic hydroxyl groups excluding tert-OH is 1. The highest BCUT2D eigenvalue weighted by Gasteiger charge is 2.75. The molecule has 2 N–H and O–H groups in total. The number of halogens is 1. The summed E-state index contributed by atoms with van der Waals surface area (Å²) in [7, 11) is 0. The largest absolute Gasteiger partial charge is 0.495 e. The van der Waals surface area contributed by atoms with Gasteiger partial charge in [-0.05, 0) is 134 Å². The number of rotatable bonds is 40. The molecule has 12 heteroatoms. The Labute approximate surface area is 469 Å². The number of Topliss-reactive ketones (excluding diaryl/α,β-unsaturated/α-hetero) is 1. The van der Waals surface area contributed by atoms with Crippen LogP contribution in [0, 0.1) is 28.6 Å². The van der Waals surface area contributed by atoms with Gasteiger partial charge in [0.15, 0.2) is 24.2 Å². The summed E-state index contributed by atoms with van der Waals surface area (Å²) in [6, 6.07) is 0. The second-order valence-corrected chi connectivity index (χ2v) is 23.4. The number of carbonyl (C=O) groups excluding carboxylic acids is 5. The molecule has 438 valence electrons. The van der Waals surface area contributed by atoms with Gasteiger partial charge in [0.05, 0.1) is 18.3 Å². The zero-order valence-corrected chi connectivity index (χ0v) is 48.7. The Kier molecular flexibility index (Phi) is 29.4. The average molecular weight is 1090 g/mol. The van der Waals surface area contributed by atoms with Crippen LogP contribution in [0.15, 0.2) is 84.7 Å². The molecular formula is C66H101FO11. The highest BCUT2D eigenvalue weighted by atomic mass is 19.1. The van der Waals surface area contributed by atoms with E-state index in [4.69, 9.17) is 18.9 Å². The fraction of sp³-hybridized carbons (Fsp3) is 0.712. The molecule has 0 saturated heterocycles. The smallest absolute Gasteiger partial charge is 0.306 e. The summed E-state index contributed by atoms with van der Waals surface area (Å²) in [4.78, 5) is 65.2. The van der Waals surface area contributed by atoms with Crippen molar-refractivity contribution in [3.05, 3.63) is 84.7 Å². The van der Waals surface area contributed by atoms with Crippen molar-refractivity contribution in [3.63, 3.8) is 0 Å². The molecule has 0 bridgehead atoms. The van der Waals surface area contributed by atoms with E-state index < -0.39 is 76.4 Å². The van der Waals surface area contributed by atoms with Crippen LogP contribution in [0.5, 0.6) is 0 Å². The van der Waals surface area contributed by atoms with Gasteiger partial charge in [-0.25, -0.2) is 4.39 Å². The molecule has 4 aliphatic rings. The van der Waals surface area contributed by atoms with Gasteiger partial charge in [-0.2, -0.15) is 0 Å². The van der Waals surface area contributed by atoms with Crippen molar-refractivity contribution in [1.82, 2.24) is 0 Å². The van der Waals surface area contributed by atoms with E-state index in [9.17, 15) is 34.2 Å². The van der Waals surface area contributed by atoms with E-state index in [1.165, 1.54) is 50.7 Å². The van der Waals surface area contributed by atoms with Crippen molar-refractivity contribution < 1.29 is 57.5 Å². The number of fused-ring (bicyclic) bond motifs is 5. The summed E-state index contributed by atoms with van der Waals surface area (Å²) in [6.07, 6.45) is 44.7. The SMILES string of the molecule is C=C(CCC(=O)OCC(=O)[C@@]1(O)[C@H](C)C[C@H]2[C@@H]3CCC4=CC(=O)C=C[C@]4(C)[C@@]3(F)[C@@H](O)C[C@@]21C)OC[C@@H](COC(=O)CCCCCCC/C=C\C/C=C\CCCCC)OC(=O)CCCCCCC/C=C\C/C=C\CCCCC. The van der Waals surface area contributed by atoms with Gasteiger partial charge in [0, 0.05) is 36.0 Å². The lowest BCUT2D eigenvalue weighted by molar-refractivity contribution is -0.220. The third-order valence-corrected chi connectivity index (χ3v) is 17.5. The minimum absolute atomic E-state index is 0.0222. The molecule has 0 aromatic heterocycles. The number of ketones is 2. The van der Waals surface area contributed by atoms with Crippen molar-refractivity contribution in [2.45, 2.75) is 251 Å². The summed E-state index contributed by atoms with van der Waals surface area (Å²) in [5.41, 5.74) is -5.87. The molecule has 0 unspecified atom stereocenters. The molecule has 0 aliphatic heterocycles. The van der Waals surface area contributed by atoms with Crippen molar-refractivity contribution in [2.24, 2.45) is 28.6 Å². The molecule has 4 rings (SSSR count). The van der Waals surface area contributed by atoms with Gasteiger partial charge in [0.25, 0.3) is 0 Å². The molecule has 3 fully saturated rings. The number of carbonyl (C=O) groups is 5. The molecule has 0 aromatic rings. The van der Waals surface area contributed by atoms with Crippen LogP contribution in [0.3, 0.4) is 0 Å². The molecule has 0 heterocycles. The van der Waals surface area contributed by atoms with E-state index >= 15 is 4.39 Å². The van der Waals surface area contributed by atoms with Crippen LogP contribution in [0.1, 0.15) is 227 Å². The average Bonchev–Trinajstić information content (AvgIpc) is 3.70. The molecule has 9 atom stereocenters. The molecule has 0 radical (unpaired) electrons. The third-order valence-electron chi connectivity index (χ3n) is 17.5. The standard InChI is InChI=1S/C66H101FO11/c1-7-9-11-13-15-17-19-21-23-25-27-29-31-33-35-37-60(71)76-49-55(78-62(73)38-36-34-32-30-28-26-24-22-20-18-16-14-12-10-8-2)48-75-52(4)39-42-61(72)77-50-59(70)66(74)51(3)45-57-56-41-40-53-46-54(68)43-44-63(53,5)65(56,67)58(69)47-64(57,66)6/h15-18,21-24,43-44,46,51,55-58,69,74H,4,7-14,19-20,25-42,45,47-50H2,1-3,5-6H3/b17-15-,18-16-,23-21-,24-22-/t51-,55+,56+,57+,58+,63+,64+,65+,66+/m1/s1. The summed E-state index contributed by atoms with van der Waals surface area (Å²) >= 11 is 0. The van der Waals surface area contributed by atoms with Crippen molar-refractivity contribution in [2.75, 3.05) is 19.8 Å². The maximum Gasteiger partial charge on any atom is 0.306 e. The zero-order valence-electron chi connectivity index (χ0n) is 48.7. The predicted octanol–water partition coefficient (Wildman–Crippen LogP) is 14.8. The normalized spacial score (nSPS) is 27.0. The lowest BCUT2D eigenvalue weighted by Crippen LogP contribution is -2.69. The Hall–Kier alpha value is -4.42. The zero-order chi connectivity index (χ0) is 56.9. The molecule has 78 heavy (non-hydrogen) atoms. The highest BCUT2D eigenvalue weighted by Crippen LogP contribution is 2.70. The van der Waals surface area contributed by atoms with Crippen molar-refractivity contribution >= 4 is 29.5 Å². The molecule has 0 aromatic carbocycles. The molecule has 0 amide bonds. The van der Waals surface area contributed by atoms with Crippen LogP contribution in [0.4, 0.5) is 4.39 Å². The van der Waals surface area contributed by atoms with Gasteiger partial charge in [-0.15, -0.1) is 0 Å². The number of hydrogen-bond donors (Lipinski definition) is 2. The number of alkyl halides is 1. The van der Waals surface area contributed by atoms with Gasteiger partial charge < -0.3 is 29.2 Å². The van der Waals surface area contributed by atoms with Crippen LogP contribution < -0.4 is 0 Å². The summed E-state index contributed by atoms with van der Waals surface area (Å²) < 4.78 is 40.2. The van der Waals surface area contributed by atoms with Crippen molar-refractivity contribution in [1.29, 1.82) is 0 Å². The highest BCUT2D eigenvalue weighted by molar-refractivity contribution is 6.01. The van der Waals surface area contributed by atoms with Crippen LogP contribution in [-0.2, 0) is 42.9 Å². The maximum absolute atomic E-state index is 17.6. The Balaban J connectivity index is 1.20. The molecule has 4 aliphatic carbocycles. The predicted molar refractivity (Wildman–Crippen MR) is 308 cm³/mol. The van der Waals surface area contributed by atoms with Crippen LogP contribution in [-0.4, -0.2) is 83.0 Å². The van der Waals surface area contributed by atoms with E-state index in [1.807, 2.05) is 0 Å². The van der Waals surface area contributed by atoms with Crippen LogP contribution in [0.2, 0.25) is 0 Å². The van der Waals surface area contributed by atoms with Gasteiger partial charge >= 0.3 is 17.9 Å². The van der Waals surface area contributed by atoms with Gasteiger partial charge in [0.2, 0.25) is 5.78 Å². The van der Waals surface area contributed by atoms with Gasteiger partial charge in [-0.1, -0.05) is 159 Å². The topological polar surface area (TPSA) is 163 Å². The number of hydrogen-bond acceptors (Lipinski definition) is 11. The van der Waals surface area contributed by atoms with Gasteiger partial charge in [0.1, 0.15) is 18.8 Å². The maximum atomic E-state index is 17.6. The lowest BCUT2D eigenvalue weighted by atomic mass is 9.44. The first-order valence-corrected chi connectivity index (χ1v) is 30.5. The second kappa shape index (κ2) is 34.7. The number of ether oxygens (including phenoxy) is 4. The fourth-order valence-corrected chi connectivity index (χ4v) is 12.8. The van der Waals surface area contributed by atoms with Crippen molar-refractivity contribution in [3.8, 4) is 0 Å². The molecule has 0 spiro atoms. The molecular weight excluding hydrogens is 988 g/mol. The Morgan fingerprint density at radius 2 is 1.21 bits per heavy atom. The van der Waals surface area contributed by atoms with E-state index in [1.54, 1.807) is 26.8 Å². The minimum atomic E-state index is -2.11. The summed E-state index contributed by atoms with van der Waals surface area (Å²) in [5, 5.41) is 24.0. The van der Waals surface area contributed by atoms with E-state index in [2.05, 4.69) is 69.0 Å². The minimum Gasteiger partial charge on any atom is -0.495 e. The number of esters is 3. The first kappa shape index (κ1) is 66.1. The number of aliphatic hydroxyl groups is 2. The first-order chi connectivity index (χ1) is 37.5.